The summed E-state index contributed by atoms with van der Waals surface area (Å²) < 4.78 is 0. The summed E-state index contributed by atoms with van der Waals surface area (Å²) in [6.45, 7) is 12.0. The predicted octanol–water partition coefficient (Wildman–Crippen LogP) is 3.95. The first kappa shape index (κ1) is 14.7. The Kier molecular flexibility index (Phi) is 5.60. The van der Waals surface area contributed by atoms with E-state index in [0.29, 0.717) is 24.3 Å². The molecule has 0 aliphatic carbocycles. The zero-order valence-electron chi connectivity index (χ0n) is 11.8. The number of nitrogens with zero attached hydrogens (tertiary/aromatic N) is 1. The van der Waals surface area contributed by atoms with E-state index in [9.17, 15) is 0 Å². The number of hydrogen-bond donors (Lipinski definition) is 1. The van der Waals surface area contributed by atoms with Gasteiger partial charge in [-0.2, -0.15) is 0 Å². The van der Waals surface area contributed by atoms with Crippen molar-refractivity contribution < 1.29 is 0 Å². The molecule has 1 heterocycles. The summed E-state index contributed by atoms with van der Waals surface area (Å²) in [6.07, 6.45) is 2.20. The van der Waals surface area contributed by atoms with Crippen LogP contribution in [0.1, 0.15) is 62.5 Å². The molecule has 2 N–H and O–H groups in total. The summed E-state index contributed by atoms with van der Waals surface area (Å²) >= 11 is 1.83. The average molecular weight is 254 g/mol. The number of nitrogens with two attached hydrogens (primary N) is 1. The van der Waals surface area contributed by atoms with Gasteiger partial charge in [0.25, 0.3) is 0 Å². The fraction of sp³-hybridized carbons (Fsp3) is 0.786. The molecule has 0 unspecified atom stereocenters. The van der Waals surface area contributed by atoms with Gasteiger partial charge in [-0.1, -0.05) is 41.0 Å². The van der Waals surface area contributed by atoms with Crippen LogP contribution in [0.5, 0.6) is 0 Å². The highest BCUT2D eigenvalue weighted by atomic mass is 32.1. The van der Waals surface area contributed by atoms with Crippen LogP contribution < -0.4 is 5.73 Å². The van der Waals surface area contributed by atoms with Gasteiger partial charge in [0.1, 0.15) is 0 Å². The fourth-order valence-corrected chi connectivity index (χ4v) is 3.92. The van der Waals surface area contributed by atoms with Crippen molar-refractivity contribution in [3.63, 3.8) is 0 Å². The molecule has 98 valence electrons. The van der Waals surface area contributed by atoms with Crippen LogP contribution in [0.2, 0.25) is 0 Å². The van der Waals surface area contributed by atoms with Crippen molar-refractivity contribution in [2.24, 2.45) is 17.6 Å². The number of rotatable bonds is 6. The smallest absolute Gasteiger partial charge is 0.0967 e. The molecular formula is C14H26N2S. The van der Waals surface area contributed by atoms with Gasteiger partial charge in [-0.05, 0) is 18.3 Å². The summed E-state index contributed by atoms with van der Waals surface area (Å²) in [5.41, 5.74) is 7.05. The van der Waals surface area contributed by atoms with Gasteiger partial charge in [-0.15, -0.1) is 11.3 Å². The van der Waals surface area contributed by atoms with Crippen LogP contribution in [0.25, 0.3) is 0 Å². The molecule has 3 heteroatoms. The molecule has 0 spiro atoms. The molecule has 1 aromatic heterocycles. The molecule has 0 aliphatic rings. The lowest BCUT2D eigenvalue weighted by atomic mass is 9.86. The third-order valence-corrected chi connectivity index (χ3v) is 4.41. The Morgan fingerprint density at radius 3 is 2.18 bits per heavy atom. The third-order valence-electron chi connectivity index (χ3n) is 3.19. The Morgan fingerprint density at radius 1 is 1.18 bits per heavy atom. The van der Waals surface area contributed by atoms with Crippen LogP contribution in [-0.4, -0.2) is 4.98 Å². The summed E-state index contributed by atoms with van der Waals surface area (Å²) in [7, 11) is 0. The van der Waals surface area contributed by atoms with Gasteiger partial charge in [-0.25, -0.2) is 4.98 Å². The van der Waals surface area contributed by atoms with Crippen LogP contribution in [0, 0.1) is 11.8 Å². The maximum absolute atomic E-state index is 5.82. The van der Waals surface area contributed by atoms with E-state index in [1.165, 1.54) is 15.6 Å². The van der Waals surface area contributed by atoms with Crippen molar-refractivity contribution in [1.82, 2.24) is 4.98 Å². The lowest BCUT2D eigenvalue weighted by molar-refractivity contribution is 0.386. The van der Waals surface area contributed by atoms with Crippen molar-refractivity contribution >= 4 is 11.3 Å². The summed E-state index contributed by atoms with van der Waals surface area (Å²) in [4.78, 5) is 6.14. The van der Waals surface area contributed by atoms with E-state index in [2.05, 4.69) is 34.6 Å². The molecule has 17 heavy (non-hydrogen) atoms. The molecule has 0 aliphatic heterocycles. The van der Waals surface area contributed by atoms with Crippen LogP contribution >= 0.6 is 11.3 Å². The highest BCUT2D eigenvalue weighted by Gasteiger charge is 2.24. The fourth-order valence-electron chi connectivity index (χ4n) is 2.48. The van der Waals surface area contributed by atoms with E-state index >= 15 is 0 Å². The van der Waals surface area contributed by atoms with E-state index in [1.807, 2.05) is 11.3 Å². The third kappa shape index (κ3) is 3.52. The van der Waals surface area contributed by atoms with Crippen molar-refractivity contribution in [1.29, 1.82) is 0 Å². The number of thiazole rings is 1. The van der Waals surface area contributed by atoms with Gasteiger partial charge >= 0.3 is 0 Å². The Hall–Kier alpha value is -0.410. The Morgan fingerprint density at radius 2 is 1.76 bits per heavy atom. The maximum Gasteiger partial charge on any atom is 0.0967 e. The first-order chi connectivity index (χ1) is 8.01. The minimum Gasteiger partial charge on any atom is -0.326 e. The van der Waals surface area contributed by atoms with Gasteiger partial charge in [0.05, 0.1) is 10.7 Å². The van der Waals surface area contributed by atoms with Crippen molar-refractivity contribution in [3.05, 3.63) is 15.6 Å². The van der Waals surface area contributed by atoms with E-state index < -0.39 is 0 Å². The van der Waals surface area contributed by atoms with Crippen molar-refractivity contribution in [3.8, 4) is 0 Å². The Bertz CT molecular complexity index is 334. The van der Waals surface area contributed by atoms with E-state index in [-0.39, 0.29) is 0 Å². The van der Waals surface area contributed by atoms with E-state index in [4.69, 9.17) is 10.7 Å². The lowest BCUT2D eigenvalue weighted by Gasteiger charge is -2.22. The van der Waals surface area contributed by atoms with E-state index in [1.54, 1.807) is 0 Å². The standard InChI is InChI=1S/C14H26N2S/c1-6-7-11-12(8-15)17-14(16-11)13(9(2)3)10(4)5/h9-10,13H,6-8,15H2,1-5H3. The molecule has 0 amide bonds. The van der Waals surface area contributed by atoms with Crippen molar-refractivity contribution in [2.75, 3.05) is 0 Å². The highest BCUT2D eigenvalue weighted by Crippen LogP contribution is 2.35. The molecule has 0 atom stereocenters. The highest BCUT2D eigenvalue weighted by molar-refractivity contribution is 7.11. The normalized spacial score (nSPS) is 12.1. The van der Waals surface area contributed by atoms with E-state index in [0.717, 1.165) is 12.8 Å². The van der Waals surface area contributed by atoms with Crippen molar-refractivity contribution in [2.45, 2.75) is 59.9 Å². The molecule has 2 nitrogen and oxygen atoms in total. The molecule has 1 aromatic rings. The summed E-state index contributed by atoms with van der Waals surface area (Å²) in [6, 6.07) is 0. The second-order valence-corrected chi connectivity index (χ2v) is 6.51. The Labute approximate surface area is 110 Å². The second kappa shape index (κ2) is 6.50. The molecule has 0 bridgehead atoms. The molecule has 0 saturated carbocycles. The maximum atomic E-state index is 5.82. The molecule has 1 rings (SSSR count). The summed E-state index contributed by atoms with van der Waals surface area (Å²) in [5.74, 6) is 1.85. The van der Waals surface area contributed by atoms with Crippen LogP contribution in [0.3, 0.4) is 0 Å². The first-order valence-corrected chi connectivity index (χ1v) is 7.51. The molecule has 0 radical (unpaired) electrons. The summed E-state index contributed by atoms with van der Waals surface area (Å²) in [5, 5.41) is 1.29. The van der Waals surface area contributed by atoms with Crippen LogP contribution in [0.15, 0.2) is 0 Å². The SMILES string of the molecule is CCCc1nc(C(C(C)C)C(C)C)sc1CN. The molecular weight excluding hydrogens is 228 g/mol. The second-order valence-electron chi connectivity index (χ2n) is 5.39. The predicted molar refractivity (Wildman–Crippen MR) is 76.4 cm³/mol. The number of aromatic nitrogens is 1. The molecule has 0 saturated heterocycles. The van der Waals surface area contributed by atoms with Crippen LogP contribution in [0.4, 0.5) is 0 Å². The topological polar surface area (TPSA) is 38.9 Å². The minimum absolute atomic E-state index is 0.566. The zero-order valence-corrected chi connectivity index (χ0v) is 12.6. The average Bonchev–Trinajstić information content (AvgIpc) is 2.60. The number of hydrogen-bond acceptors (Lipinski definition) is 3. The largest absolute Gasteiger partial charge is 0.326 e. The quantitative estimate of drug-likeness (QED) is 0.835. The monoisotopic (exact) mass is 254 g/mol. The molecule has 0 aromatic carbocycles. The number of aryl methyl sites for hydroxylation is 1. The zero-order chi connectivity index (χ0) is 13.0. The van der Waals surface area contributed by atoms with Gasteiger partial charge in [0.15, 0.2) is 0 Å². The van der Waals surface area contributed by atoms with Crippen LogP contribution in [-0.2, 0) is 13.0 Å². The lowest BCUT2D eigenvalue weighted by Crippen LogP contribution is -2.13. The van der Waals surface area contributed by atoms with Gasteiger partial charge in [0.2, 0.25) is 0 Å². The minimum atomic E-state index is 0.566. The van der Waals surface area contributed by atoms with Gasteiger partial charge < -0.3 is 5.73 Å². The van der Waals surface area contributed by atoms with Gasteiger partial charge in [-0.3, -0.25) is 0 Å². The molecule has 0 fully saturated rings. The first-order valence-electron chi connectivity index (χ1n) is 6.69. The Balaban J connectivity index is 3.03. The van der Waals surface area contributed by atoms with Gasteiger partial charge in [0, 0.05) is 17.3 Å².